The Bertz CT molecular complexity index is 644. The van der Waals surface area contributed by atoms with Crippen LogP contribution in [0.1, 0.15) is 57.4 Å². The summed E-state index contributed by atoms with van der Waals surface area (Å²) in [5.74, 6) is 0.863. The quantitative estimate of drug-likeness (QED) is 0.828. The van der Waals surface area contributed by atoms with Gasteiger partial charge in [-0.25, -0.2) is 4.98 Å². The molecule has 1 aromatic carbocycles. The molecule has 0 bridgehead atoms. The van der Waals surface area contributed by atoms with E-state index in [0.717, 1.165) is 34.1 Å². The number of rotatable bonds is 5. The summed E-state index contributed by atoms with van der Waals surface area (Å²) in [5, 5.41) is 3.71. The molecule has 1 saturated carbocycles. The maximum absolute atomic E-state index is 12.1. The van der Waals surface area contributed by atoms with Gasteiger partial charge in [0.05, 0.1) is 10.2 Å². The SMILES string of the molecule is CCc1ccc2nc(NC(=O)CCC3CCCCC3)sc2c1. The largest absolute Gasteiger partial charge is 0.302 e. The van der Waals surface area contributed by atoms with Crippen molar-refractivity contribution in [2.45, 2.75) is 58.3 Å². The lowest BCUT2D eigenvalue weighted by Gasteiger charge is -2.20. The van der Waals surface area contributed by atoms with Crippen LogP contribution >= 0.6 is 11.3 Å². The number of hydrogen-bond donors (Lipinski definition) is 1. The molecule has 0 aliphatic heterocycles. The van der Waals surface area contributed by atoms with Crippen LogP contribution in [-0.4, -0.2) is 10.9 Å². The number of aryl methyl sites for hydroxylation is 1. The van der Waals surface area contributed by atoms with Gasteiger partial charge < -0.3 is 5.32 Å². The lowest BCUT2D eigenvalue weighted by Crippen LogP contribution is -2.14. The number of hydrogen-bond acceptors (Lipinski definition) is 3. The highest BCUT2D eigenvalue weighted by atomic mass is 32.1. The second-order valence-corrected chi connectivity index (χ2v) is 7.30. The highest BCUT2D eigenvalue weighted by Gasteiger charge is 2.15. The Morgan fingerprint density at radius 1 is 1.32 bits per heavy atom. The predicted octanol–water partition coefficient (Wildman–Crippen LogP) is 5.16. The number of benzene rings is 1. The van der Waals surface area contributed by atoms with Crippen molar-refractivity contribution in [1.29, 1.82) is 0 Å². The fourth-order valence-electron chi connectivity index (χ4n) is 3.24. The van der Waals surface area contributed by atoms with Crippen LogP contribution in [-0.2, 0) is 11.2 Å². The fraction of sp³-hybridized carbons (Fsp3) is 0.556. The number of carbonyl (C=O) groups excluding carboxylic acids is 1. The maximum Gasteiger partial charge on any atom is 0.226 e. The fourth-order valence-corrected chi connectivity index (χ4v) is 4.18. The van der Waals surface area contributed by atoms with Crippen LogP contribution in [0.3, 0.4) is 0 Å². The monoisotopic (exact) mass is 316 g/mol. The van der Waals surface area contributed by atoms with Gasteiger partial charge in [-0.2, -0.15) is 0 Å². The van der Waals surface area contributed by atoms with Crippen LogP contribution in [0.5, 0.6) is 0 Å². The first-order chi connectivity index (χ1) is 10.7. The Morgan fingerprint density at radius 3 is 2.91 bits per heavy atom. The van der Waals surface area contributed by atoms with Gasteiger partial charge in [0.2, 0.25) is 5.91 Å². The second kappa shape index (κ2) is 7.23. The Hall–Kier alpha value is -1.42. The van der Waals surface area contributed by atoms with E-state index in [1.807, 2.05) is 6.07 Å². The van der Waals surface area contributed by atoms with Crippen LogP contribution in [0.4, 0.5) is 5.13 Å². The van der Waals surface area contributed by atoms with Gasteiger partial charge in [-0.3, -0.25) is 4.79 Å². The highest BCUT2D eigenvalue weighted by molar-refractivity contribution is 7.22. The summed E-state index contributed by atoms with van der Waals surface area (Å²) < 4.78 is 1.15. The van der Waals surface area contributed by atoms with Crippen molar-refractivity contribution in [3.63, 3.8) is 0 Å². The van der Waals surface area contributed by atoms with Crippen molar-refractivity contribution in [1.82, 2.24) is 4.98 Å². The summed E-state index contributed by atoms with van der Waals surface area (Å²) in [6, 6.07) is 6.32. The van der Waals surface area contributed by atoms with Crippen molar-refractivity contribution in [3.05, 3.63) is 23.8 Å². The van der Waals surface area contributed by atoms with E-state index in [1.54, 1.807) is 11.3 Å². The molecule has 1 amide bonds. The number of anilines is 1. The molecule has 1 aromatic heterocycles. The van der Waals surface area contributed by atoms with E-state index in [-0.39, 0.29) is 5.91 Å². The molecule has 1 heterocycles. The van der Waals surface area contributed by atoms with Gasteiger partial charge >= 0.3 is 0 Å². The number of amides is 1. The summed E-state index contributed by atoms with van der Waals surface area (Å²) in [6.07, 6.45) is 9.32. The molecule has 2 aromatic rings. The van der Waals surface area contributed by atoms with Crippen LogP contribution in [0, 0.1) is 5.92 Å². The Balaban J connectivity index is 1.56. The third-order valence-corrected chi connectivity index (χ3v) is 5.55. The van der Waals surface area contributed by atoms with Gasteiger partial charge in [0.1, 0.15) is 0 Å². The number of aromatic nitrogens is 1. The molecule has 3 nitrogen and oxygen atoms in total. The average molecular weight is 316 g/mol. The molecule has 22 heavy (non-hydrogen) atoms. The molecule has 118 valence electrons. The first kappa shape index (κ1) is 15.5. The molecule has 1 aliphatic carbocycles. The molecule has 0 unspecified atom stereocenters. The molecule has 0 radical (unpaired) electrons. The average Bonchev–Trinajstić information content (AvgIpc) is 2.95. The van der Waals surface area contributed by atoms with Gasteiger partial charge in [0, 0.05) is 6.42 Å². The van der Waals surface area contributed by atoms with E-state index >= 15 is 0 Å². The number of thiazole rings is 1. The van der Waals surface area contributed by atoms with Gasteiger partial charge in [0.25, 0.3) is 0 Å². The predicted molar refractivity (Wildman–Crippen MR) is 93.4 cm³/mol. The highest BCUT2D eigenvalue weighted by Crippen LogP contribution is 2.29. The van der Waals surface area contributed by atoms with Crippen LogP contribution in [0.25, 0.3) is 10.2 Å². The van der Waals surface area contributed by atoms with Crippen molar-refractivity contribution in [2.24, 2.45) is 5.92 Å². The van der Waals surface area contributed by atoms with E-state index in [1.165, 1.54) is 37.7 Å². The first-order valence-electron chi connectivity index (χ1n) is 8.44. The van der Waals surface area contributed by atoms with Gasteiger partial charge in [-0.05, 0) is 36.5 Å². The number of nitrogens with one attached hydrogen (secondary N) is 1. The molecule has 3 rings (SSSR count). The minimum atomic E-state index is 0.111. The summed E-state index contributed by atoms with van der Waals surface area (Å²) in [5.41, 5.74) is 2.29. The van der Waals surface area contributed by atoms with Crippen molar-refractivity contribution in [2.75, 3.05) is 5.32 Å². The van der Waals surface area contributed by atoms with Crippen LogP contribution in [0.2, 0.25) is 0 Å². The third-order valence-electron chi connectivity index (χ3n) is 4.61. The molecule has 0 atom stereocenters. The number of carbonyl (C=O) groups is 1. The van der Waals surface area contributed by atoms with E-state index in [0.29, 0.717) is 6.42 Å². The third kappa shape index (κ3) is 3.86. The molecular formula is C18H24N2OS. The smallest absolute Gasteiger partial charge is 0.226 e. The van der Waals surface area contributed by atoms with E-state index in [9.17, 15) is 4.79 Å². The molecule has 1 N–H and O–H groups in total. The zero-order valence-corrected chi connectivity index (χ0v) is 14.0. The zero-order valence-electron chi connectivity index (χ0n) is 13.2. The molecule has 0 spiro atoms. The molecule has 0 saturated heterocycles. The van der Waals surface area contributed by atoms with Gasteiger partial charge in [0.15, 0.2) is 5.13 Å². The van der Waals surface area contributed by atoms with Gasteiger partial charge in [-0.1, -0.05) is 56.4 Å². The van der Waals surface area contributed by atoms with Crippen LogP contribution in [0.15, 0.2) is 18.2 Å². The topological polar surface area (TPSA) is 42.0 Å². The minimum Gasteiger partial charge on any atom is -0.302 e. The van der Waals surface area contributed by atoms with Crippen molar-refractivity contribution >= 4 is 32.6 Å². The Kier molecular flexibility index (Phi) is 5.08. The number of fused-ring (bicyclic) bond motifs is 1. The Morgan fingerprint density at radius 2 is 2.14 bits per heavy atom. The standard InChI is InChI=1S/C18H24N2OS/c1-2-13-8-10-15-16(12-13)22-18(19-15)20-17(21)11-9-14-6-4-3-5-7-14/h8,10,12,14H,2-7,9,11H2,1H3,(H,19,20,21). The molecule has 1 fully saturated rings. The number of nitrogens with zero attached hydrogens (tertiary/aromatic N) is 1. The normalized spacial score (nSPS) is 16.0. The molecule has 4 heteroatoms. The first-order valence-corrected chi connectivity index (χ1v) is 9.25. The molecule has 1 aliphatic rings. The van der Waals surface area contributed by atoms with E-state index < -0.39 is 0 Å². The lowest BCUT2D eigenvalue weighted by atomic mass is 9.86. The summed E-state index contributed by atoms with van der Waals surface area (Å²) >= 11 is 1.57. The van der Waals surface area contributed by atoms with Crippen molar-refractivity contribution in [3.8, 4) is 0 Å². The van der Waals surface area contributed by atoms with E-state index in [4.69, 9.17) is 0 Å². The second-order valence-electron chi connectivity index (χ2n) is 6.27. The summed E-state index contributed by atoms with van der Waals surface area (Å²) in [4.78, 5) is 16.6. The van der Waals surface area contributed by atoms with Gasteiger partial charge in [-0.15, -0.1) is 0 Å². The zero-order chi connectivity index (χ0) is 15.4. The minimum absolute atomic E-state index is 0.111. The van der Waals surface area contributed by atoms with Crippen LogP contribution < -0.4 is 5.32 Å². The van der Waals surface area contributed by atoms with E-state index in [2.05, 4.69) is 29.4 Å². The Labute approximate surface area is 136 Å². The summed E-state index contributed by atoms with van der Waals surface area (Å²) in [6.45, 7) is 2.15. The van der Waals surface area contributed by atoms with Crippen molar-refractivity contribution < 1.29 is 4.79 Å². The molecular weight excluding hydrogens is 292 g/mol. The summed E-state index contributed by atoms with van der Waals surface area (Å²) in [7, 11) is 0. The lowest BCUT2D eigenvalue weighted by molar-refractivity contribution is -0.116. The maximum atomic E-state index is 12.1.